The number of aromatic amines is 1. The van der Waals surface area contributed by atoms with E-state index in [0.29, 0.717) is 43.4 Å². The number of aliphatic hydroxyl groups is 1. The van der Waals surface area contributed by atoms with Crippen LogP contribution in [0.2, 0.25) is 5.02 Å². The van der Waals surface area contributed by atoms with Crippen LogP contribution < -0.4 is 10.1 Å². The summed E-state index contributed by atoms with van der Waals surface area (Å²) < 4.78 is 17.1. The Hall–Kier alpha value is -3.53. The molecule has 242 valence electrons. The van der Waals surface area contributed by atoms with Gasteiger partial charge in [0.05, 0.1) is 24.9 Å². The van der Waals surface area contributed by atoms with Gasteiger partial charge in [-0.25, -0.2) is 9.59 Å². The van der Waals surface area contributed by atoms with Crippen molar-refractivity contribution in [3.05, 3.63) is 76.5 Å². The molecule has 9 nitrogen and oxygen atoms in total. The zero-order valence-electron chi connectivity index (χ0n) is 26.5. The highest BCUT2D eigenvalue weighted by molar-refractivity contribution is 6.31. The second-order valence-electron chi connectivity index (χ2n) is 12.6. The van der Waals surface area contributed by atoms with E-state index in [0.717, 1.165) is 35.0 Å². The molecule has 1 aliphatic heterocycles. The molecule has 3 N–H and O–H groups in total. The Morgan fingerprint density at radius 2 is 1.98 bits per heavy atom. The molecule has 2 aromatic carbocycles. The van der Waals surface area contributed by atoms with Gasteiger partial charge in [0.25, 0.3) is 0 Å². The molecule has 45 heavy (non-hydrogen) atoms. The summed E-state index contributed by atoms with van der Waals surface area (Å²) >= 11 is 6.39. The number of benzene rings is 2. The van der Waals surface area contributed by atoms with Crippen molar-refractivity contribution in [2.45, 2.75) is 71.6 Å². The topological polar surface area (TPSA) is 113 Å². The van der Waals surface area contributed by atoms with Gasteiger partial charge in [0, 0.05) is 46.7 Å². The van der Waals surface area contributed by atoms with Gasteiger partial charge in [-0.15, -0.1) is 0 Å². The number of nitrogens with one attached hydrogen (secondary N) is 2. The summed E-state index contributed by atoms with van der Waals surface area (Å²) in [4.78, 5) is 30.9. The van der Waals surface area contributed by atoms with Crippen LogP contribution >= 0.6 is 11.6 Å². The average Bonchev–Trinajstić information content (AvgIpc) is 3.38. The summed E-state index contributed by atoms with van der Waals surface area (Å²) in [6, 6.07) is 13.1. The zero-order chi connectivity index (χ0) is 32.1. The highest BCUT2D eigenvalue weighted by atomic mass is 35.5. The minimum Gasteiger partial charge on any atom is -0.450 e. The number of hydrogen-bond donors (Lipinski definition) is 3. The van der Waals surface area contributed by atoms with Crippen LogP contribution in [0.5, 0.6) is 5.75 Å². The summed E-state index contributed by atoms with van der Waals surface area (Å²) in [6.07, 6.45) is 5.02. The molecule has 1 aliphatic carbocycles. The molecule has 0 saturated carbocycles. The number of alkyl carbamates (subject to hydrolysis) is 1. The van der Waals surface area contributed by atoms with Crippen molar-refractivity contribution >= 4 is 34.7 Å². The number of hydrogen-bond acceptors (Lipinski definition) is 6. The van der Waals surface area contributed by atoms with E-state index in [2.05, 4.69) is 36.3 Å². The molecule has 2 aliphatic rings. The molecule has 4 unspecified atom stereocenters. The molecule has 0 spiro atoms. The van der Waals surface area contributed by atoms with Crippen LogP contribution in [0.25, 0.3) is 10.9 Å². The Bertz CT molecular complexity index is 1520. The number of carbonyl (C=O) groups excluding carboxylic acids is 2. The Morgan fingerprint density at radius 1 is 1.20 bits per heavy atom. The van der Waals surface area contributed by atoms with Crippen LogP contribution in [0.15, 0.2) is 54.6 Å². The highest BCUT2D eigenvalue weighted by Gasteiger charge is 2.47. The second kappa shape index (κ2) is 14.3. The minimum absolute atomic E-state index is 0.105. The lowest BCUT2D eigenvalue weighted by atomic mass is 9.67. The number of H-pyrrole nitrogens is 1. The third-order valence-electron chi connectivity index (χ3n) is 8.84. The predicted octanol–water partition coefficient (Wildman–Crippen LogP) is 7.10. The Labute approximate surface area is 269 Å². The number of nitrogens with zero attached hydrogens (tertiary/aromatic N) is 1. The predicted molar refractivity (Wildman–Crippen MR) is 175 cm³/mol. The normalized spacial score (nSPS) is 23.4. The van der Waals surface area contributed by atoms with Crippen LogP contribution in [0.1, 0.15) is 62.9 Å². The molecule has 0 fully saturated rings. The monoisotopic (exact) mass is 637 g/mol. The number of amides is 2. The van der Waals surface area contributed by atoms with Crippen LogP contribution in [-0.2, 0) is 15.9 Å². The van der Waals surface area contributed by atoms with E-state index >= 15 is 0 Å². The van der Waals surface area contributed by atoms with Gasteiger partial charge in [-0.2, -0.15) is 0 Å². The summed E-state index contributed by atoms with van der Waals surface area (Å²) in [5, 5.41) is 14.7. The number of halogens is 1. The van der Waals surface area contributed by atoms with E-state index in [1.807, 2.05) is 61.2 Å². The molecular weight excluding hydrogens is 594 g/mol. The van der Waals surface area contributed by atoms with Crippen molar-refractivity contribution < 1.29 is 28.9 Å². The number of fused-ring (bicyclic) bond motifs is 3. The first kappa shape index (κ1) is 32.9. The lowest BCUT2D eigenvalue weighted by Crippen LogP contribution is -2.49. The molecule has 5 atom stereocenters. The van der Waals surface area contributed by atoms with Crippen molar-refractivity contribution in [2.75, 3.05) is 26.3 Å². The Morgan fingerprint density at radius 3 is 2.71 bits per heavy atom. The third-order valence-corrected chi connectivity index (χ3v) is 9.08. The summed E-state index contributed by atoms with van der Waals surface area (Å²) in [6.45, 7) is 9.56. The SMILES string of the molecule is CCCOC(=O)NCC(O)CCOC1C=CC(C)([C@H]2c3[nH]c4ccc(Cl)cc4c3CCN2C(=O)Oc2ccc(C)cc2)CC1C. The van der Waals surface area contributed by atoms with Gasteiger partial charge in [-0.3, -0.25) is 4.90 Å². The highest BCUT2D eigenvalue weighted by Crippen LogP contribution is 2.51. The number of aryl methyl sites for hydroxylation is 1. The van der Waals surface area contributed by atoms with E-state index < -0.39 is 17.6 Å². The maximum Gasteiger partial charge on any atom is 0.415 e. The summed E-state index contributed by atoms with van der Waals surface area (Å²) in [5.41, 5.74) is 3.85. The van der Waals surface area contributed by atoms with E-state index in [1.165, 1.54) is 5.56 Å². The average molecular weight is 638 g/mol. The van der Waals surface area contributed by atoms with Crippen molar-refractivity contribution in [2.24, 2.45) is 11.3 Å². The van der Waals surface area contributed by atoms with Gasteiger partial charge >= 0.3 is 12.2 Å². The molecule has 0 saturated heterocycles. The van der Waals surface area contributed by atoms with Gasteiger partial charge in [0.15, 0.2) is 0 Å². The first-order valence-corrected chi connectivity index (χ1v) is 16.2. The Balaban J connectivity index is 1.32. The molecule has 0 bridgehead atoms. The number of carbonyl (C=O) groups is 2. The van der Waals surface area contributed by atoms with Crippen molar-refractivity contribution in [1.29, 1.82) is 0 Å². The number of aromatic nitrogens is 1. The molecule has 2 amide bonds. The lowest BCUT2D eigenvalue weighted by Gasteiger charge is -2.47. The molecule has 1 aromatic heterocycles. The van der Waals surface area contributed by atoms with E-state index in [-0.39, 0.29) is 30.7 Å². The van der Waals surface area contributed by atoms with E-state index in [9.17, 15) is 14.7 Å². The van der Waals surface area contributed by atoms with Crippen LogP contribution in [0, 0.1) is 18.3 Å². The van der Waals surface area contributed by atoms with Gasteiger partial charge < -0.3 is 29.6 Å². The third kappa shape index (κ3) is 7.65. The maximum atomic E-state index is 13.8. The van der Waals surface area contributed by atoms with Crippen LogP contribution in [0.3, 0.4) is 0 Å². The Kier molecular flexibility index (Phi) is 10.4. The fourth-order valence-electron chi connectivity index (χ4n) is 6.60. The summed E-state index contributed by atoms with van der Waals surface area (Å²) in [7, 11) is 0. The number of aliphatic hydroxyl groups excluding tert-OH is 1. The van der Waals surface area contributed by atoms with E-state index in [1.54, 1.807) is 0 Å². The molecule has 5 rings (SSSR count). The standard InChI is InChI=1S/C35H44ClN3O6/c1-5-17-44-33(41)37-21-25(40)14-18-43-30-12-15-35(4,20-23(30)3)32-31-27(28-19-24(36)8-11-29(28)38-31)13-16-39(32)34(42)45-26-9-6-22(2)7-10-26/h6-12,15,19,23,25,30,32,38,40H,5,13-14,16-18,20-21H2,1-4H3,(H,37,41)/t23?,25?,30?,32-,35?/m1/s1. The van der Waals surface area contributed by atoms with Crippen molar-refractivity contribution in [3.8, 4) is 5.75 Å². The second-order valence-corrected chi connectivity index (χ2v) is 13.0. The quantitative estimate of drug-likeness (QED) is 0.204. The number of rotatable bonds is 10. The fraction of sp³-hybridized carbons (Fsp3) is 0.486. The zero-order valence-corrected chi connectivity index (χ0v) is 27.2. The first-order chi connectivity index (χ1) is 21.6. The molecule has 10 heteroatoms. The fourth-order valence-corrected chi connectivity index (χ4v) is 6.78. The first-order valence-electron chi connectivity index (χ1n) is 15.8. The molecule has 3 aromatic rings. The lowest BCUT2D eigenvalue weighted by molar-refractivity contribution is -0.00277. The van der Waals surface area contributed by atoms with Crippen LogP contribution in [-0.4, -0.2) is 65.7 Å². The van der Waals surface area contributed by atoms with Crippen molar-refractivity contribution in [1.82, 2.24) is 15.2 Å². The minimum atomic E-state index is -0.739. The van der Waals surface area contributed by atoms with Gasteiger partial charge in [-0.1, -0.05) is 62.2 Å². The smallest absolute Gasteiger partial charge is 0.415 e. The number of ether oxygens (including phenoxy) is 3. The maximum absolute atomic E-state index is 13.8. The molecular formula is C35H44ClN3O6. The van der Waals surface area contributed by atoms with Gasteiger partial charge in [-0.05, 0) is 74.4 Å². The summed E-state index contributed by atoms with van der Waals surface area (Å²) in [5.74, 6) is 0.651. The molecule has 2 heterocycles. The van der Waals surface area contributed by atoms with Gasteiger partial charge in [0.1, 0.15) is 5.75 Å². The van der Waals surface area contributed by atoms with Gasteiger partial charge in [0.2, 0.25) is 0 Å². The van der Waals surface area contributed by atoms with Crippen molar-refractivity contribution in [3.63, 3.8) is 0 Å². The van der Waals surface area contributed by atoms with E-state index in [4.69, 9.17) is 25.8 Å². The largest absolute Gasteiger partial charge is 0.450 e. The molecule has 0 radical (unpaired) electrons. The van der Waals surface area contributed by atoms with Crippen LogP contribution in [0.4, 0.5) is 9.59 Å².